The van der Waals surface area contributed by atoms with E-state index in [2.05, 4.69) is 4.74 Å². The number of ether oxygens (including phenoxy) is 1. The molecule has 0 rings (SSSR count). The van der Waals surface area contributed by atoms with Crippen LogP contribution in [0, 0.1) is 0 Å². The molecule has 0 aromatic carbocycles. The third-order valence-corrected chi connectivity index (χ3v) is 1.39. The summed E-state index contributed by atoms with van der Waals surface area (Å²) in [6, 6.07) is 0. The van der Waals surface area contributed by atoms with Crippen LogP contribution in [0.3, 0.4) is 0 Å². The van der Waals surface area contributed by atoms with E-state index in [4.69, 9.17) is 0 Å². The highest BCUT2D eigenvalue weighted by Crippen LogP contribution is 1.97. The summed E-state index contributed by atoms with van der Waals surface area (Å²) in [7, 11) is 1.28. The minimum absolute atomic E-state index is 0.0695. The molecule has 0 saturated heterocycles. The summed E-state index contributed by atoms with van der Waals surface area (Å²) >= 11 is 0. The van der Waals surface area contributed by atoms with Gasteiger partial charge in [0, 0.05) is 6.42 Å². The number of hydrogen-bond acceptors (Lipinski definition) is 3. The van der Waals surface area contributed by atoms with Crippen LogP contribution in [0.2, 0.25) is 0 Å². The monoisotopic (exact) mass is 170 g/mol. The van der Waals surface area contributed by atoms with Gasteiger partial charge in [0.25, 0.3) is 0 Å². The Bertz CT molecular complexity index is 182. The van der Waals surface area contributed by atoms with E-state index in [1.54, 1.807) is 0 Å². The molecular weight excluding hydrogens is 156 g/mol. The van der Waals surface area contributed by atoms with Gasteiger partial charge >= 0.3 is 5.97 Å². The largest absolute Gasteiger partial charge is 0.469 e. The molecule has 3 nitrogen and oxygen atoms in total. The van der Waals surface area contributed by atoms with E-state index in [1.165, 1.54) is 7.11 Å². The highest BCUT2D eigenvalue weighted by Gasteiger charge is 2.07. The van der Waals surface area contributed by atoms with Crippen LogP contribution in [-0.2, 0) is 14.3 Å². The fraction of sp³-hybridized carbons (Fsp3) is 0.556. The standard InChI is InChI=1S/C9H14O3/c1-3-4-5-6-8(10)7-9(11)12-2/h3-4H,5-7H2,1-2H3/b4-3-. The van der Waals surface area contributed by atoms with Gasteiger partial charge < -0.3 is 4.74 Å². The summed E-state index contributed by atoms with van der Waals surface area (Å²) in [5.74, 6) is -0.527. The van der Waals surface area contributed by atoms with E-state index in [0.29, 0.717) is 12.8 Å². The van der Waals surface area contributed by atoms with Gasteiger partial charge in [-0.05, 0) is 13.3 Å². The Morgan fingerprint density at radius 2 is 2.08 bits per heavy atom. The Balaban J connectivity index is 3.53. The van der Waals surface area contributed by atoms with Gasteiger partial charge in [0.1, 0.15) is 12.2 Å². The lowest BCUT2D eigenvalue weighted by molar-refractivity contribution is -0.143. The molecule has 0 atom stereocenters. The highest BCUT2D eigenvalue weighted by molar-refractivity contribution is 5.95. The molecule has 0 bridgehead atoms. The van der Waals surface area contributed by atoms with Gasteiger partial charge in [0.2, 0.25) is 0 Å². The maximum Gasteiger partial charge on any atom is 0.313 e. The second-order valence-electron chi connectivity index (χ2n) is 2.40. The lowest BCUT2D eigenvalue weighted by atomic mass is 10.1. The van der Waals surface area contributed by atoms with Crippen molar-refractivity contribution < 1.29 is 14.3 Å². The lowest BCUT2D eigenvalue weighted by Gasteiger charge is -1.96. The smallest absolute Gasteiger partial charge is 0.313 e. The number of allylic oxidation sites excluding steroid dienone is 2. The van der Waals surface area contributed by atoms with Crippen LogP contribution in [0.5, 0.6) is 0 Å². The first-order valence-corrected chi connectivity index (χ1v) is 3.90. The average molecular weight is 170 g/mol. The molecular formula is C9H14O3. The topological polar surface area (TPSA) is 43.4 Å². The van der Waals surface area contributed by atoms with Crippen molar-refractivity contribution >= 4 is 11.8 Å². The van der Waals surface area contributed by atoms with Crippen molar-refractivity contribution in [2.24, 2.45) is 0 Å². The molecule has 12 heavy (non-hydrogen) atoms. The molecule has 0 N–H and O–H groups in total. The molecule has 0 saturated carbocycles. The molecule has 0 fully saturated rings. The first kappa shape index (κ1) is 10.9. The molecule has 0 aliphatic rings. The number of hydrogen-bond donors (Lipinski definition) is 0. The SMILES string of the molecule is C/C=C\CCC(=O)CC(=O)OC. The van der Waals surface area contributed by atoms with E-state index >= 15 is 0 Å². The van der Waals surface area contributed by atoms with Crippen molar-refractivity contribution in [3.63, 3.8) is 0 Å². The van der Waals surface area contributed by atoms with Crippen molar-refractivity contribution in [3.05, 3.63) is 12.2 Å². The van der Waals surface area contributed by atoms with E-state index in [-0.39, 0.29) is 12.2 Å². The van der Waals surface area contributed by atoms with Gasteiger partial charge in [-0.2, -0.15) is 0 Å². The van der Waals surface area contributed by atoms with Crippen LogP contribution < -0.4 is 0 Å². The zero-order chi connectivity index (χ0) is 9.40. The third-order valence-electron chi connectivity index (χ3n) is 1.39. The number of methoxy groups -OCH3 is 1. The molecule has 3 heteroatoms. The van der Waals surface area contributed by atoms with Crippen LogP contribution in [0.1, 0.15) is 26.2 Å². The average Bonchev–Trinajstić information content (AvgIpc) is 2.05. The van der Waals surface area contributed by atoms with Crippen molar-refractivity contribution in [2.45, 2.75) is 26.2 Å². The summed E-state index contributed by atoms with van der Waals surface area (Å²) < 4.78 is 4.35. The van der Waals surface area contributed by atoms with Crippen molar-refractivity contribution in [1.82, 2.24) is 0 Å². The Morgan fingerprint density at radius 1 is 1.42 bits per heavy atom. The summed E-state index contributed by atoms with van der Waals surface area (Å²) in [5.41, 5.74) is 0. The second-order valence-corrected chi connectivity index (χ2v) is 2.40. The second kappa shape index (κ2) is 6.58. The maximum atomic E-state index is 11.0. The van der Waals surface area contributed by atoms with Gasteiger partial charge in [-0.25, -0.2) is 0 Å². The number of ketones is 1. The molecule has 0 heterocycles. The molecule has 0 aliphatic heterocycles. The molecule has 0 spiro atoms. The fourth-order valence-electron chi connectivity index (χ4n) is 0.733. The number of Topliss-reactive ketones (excluding diaryl/α,β-unsaturated/α-hetero) is 1. The normalized spacial score (nSPS) is 10.2. The molecule has 0 aromatic rings. The summed E-state index contributed by atoms with van der Waals surface area (Å²) in [5, 5.41) is 0. The van der Waals surface area contributed by atoms with Gasteiger partial charge in [-0.1, -0.05) is 12.2 Å². The van der Waals surface area contributed by atoms with E-state index in [0.717, 1.165) is 0 Å². The molecule has 0 unspecified atom stereocenters. The number of carbonyl (C=O) groups is 2. The lowest BCUT2D eigenvalue weighted by Crippen LogP contribution is -2.08. The number of rotatable bonds is 5. The minimum Gasteiger partial charge on any atom is -0.469 e. The summed E-state index contributed by atoms with van der Waals surface area (Å²) in [6.45, 7) is 1.89. The van der Waals surface area contributed by atoms with Crippen LogP contribution in [0.25, 0.3) is 0 Å². The van der Waals surface area contributed by atoms with Crippen LogP contribution in [-0.4, -0.2) is 18.9 Å². The molecule has 0 amide bonds. The van der Waals surface area contributed by atoms with Crippen molar-refractivity contribution in [1.29, 1.82) is 0 Å². The van der Waals surface area contributed by atoms with Crippen LogP contribution in [0.15, 0.2) is 12.2 Å². The Hall–Kier alpha value is -1.12. The van der Waals surface area contributed by atoms with E-state index in [1.807, 2.05) is 19.1 Å². The van der Waals surface area contributed by atoms with Gasteiger partial charge in [0.15, 0.2) is 0 Å². The predicted molar refractivity (Wildman–Crippen MR) is 45.7 cm³/mol. The maximum absolute atomic E-state index is 11.0. The Labute approximate surface area is 72.4 Å². The molecule has 0 radical (unpaired) electrons. The number of esters is 1. The minimum atomic E-state index is -0.458. The highest BCUT2D eigenvalue weighted by atomic mass is 16.5. The van der Waals surface area contributed by atoms with Gasteiger partial charge in [-0.15, -0.1) is 0 Å². The van der Waals surface area contributed by atoms with Crippen molar-refractivity contribution in [3.8, 4) is 0 Å². The van der Waals surface area contributed by atoms with E-state index < -0.39 is 5.97 Å². The quantitative estimate of drug-likeness (QED) is 0.356. The summed E-state index contributed by atoms with van der Waals surface area (Å²) in [6.07, 6.45) is 4.79. The van der Waals surface area contributed by atoms with Gasteiger partial charge in [-0.3, -0.25) is 9.59 Å². The Kier molecular flexibility index (Phi) is 5.97. The zero-order valence-corrected chi connectivity index (χ0v) is 7.50. The first-order chi connectivity index (χ1) is 5.70. The van der Waals surface area contributed by atoms with Crippen LogP contribution in [0.4, 0.5) is 0 Å². The molecule has 0 aliphatic carbocycles. The fourth-order valence-corrected chi connectivity index (χ4v) is 0.733. The van der Waals surface area contributed by atoms with E-state index in [9.17, 15) is 9.59 Å². The first-order valence-electron chi connectivity index (χ1n) is 3.90. The van der Waals surface area contributed by atoms with Crippen LogP contribution >= 0.6 is 0 Å². The molecule has 0 aromatic heterocycles. The Morgan fingerprint density at radius 3 is 2.58 bits per heavy atom. The zero-order valence-electron chi connectivity index (χ0n) is 7.50. The van der Waals surface area contributed by atoms with Crippen molar-refractivity contribution in [2.75, 3.05) is 7.11 Å². The predicted octanol–water partition coefficient (Wildman–Crippen LogP) is 1.47. The molecule has 68 valence electrons. The number of carbonyl (C=O) groups excluding carboxylic acids is 2. The third kappa shape index (κ3) is 5.65. The summed E-state index contributed by atoms with van der Waals surface area (Å²) in [4.78, 5) is 21.5. The van der Waals surface area contributed by atoms with Gasteiger partial charge in [0.05, 0.1) is 7.11 Å².